The lowest BCUT2D eigenvalue weighted by atomic mass is 10.0. The van der Waals surface area contributed by atoms with Crippen LogP contribution in [0.5, 0.6) is 0 Å². The van der Waals surface area contributed by atoms with Crippen LogP contribution in [0.2, 0.25) is 0 Å². The Balaban J connectivity index is 1.85. The van der Waals surface area contributed by atoms with Crippen molar-refractivity contribution in [3.05, 3.63) is 47.0 Å². The third kappa shape index (κ3) is 5.07. The van der Waals surface area contributed by atoms with Gasteiger partial charge in [0.05, 0.1) is 35.6 Å². The monoisotopic (exact) mass is 521 g/mol. The lowest BCUT2D eigenvalue weighted by Crippen LogP contribution is -2.41. The summed E-state index contributed by atoms with van der Waals surface area (Å²) in [5.74, 6) is -0.617. The molecule has 1 saturated heterocycles. The Bertz CT molecular complexity index is 1360. The summed E-state index contributed by atoms with van der Waals surface area (Å²) in [7, 11) is -7.03. The summed E-state index contributed by atoms with van der Waals surface area (Å²) in [4.78, 5) is 15.5. The fourth-order valence-electron chi connectivity index (χ4n) is 4.68. The second-order valence-electron chi connectivity index (χ2n) is 9.07. The van der Waals surface area contributed by atoms with E-state index < -0.39 is 19.7 Å². The van der Waals surface area contributed by atoms with Gasteiger partial charge in [-0.1, -0.05) is 38.1 Å². The van der Waals surface area contributed by atoms with Crippen molar-refractivity contribution in [2.24, 2.45) is 0 Å². The van der Waals surface area contributed by atoms with Crippen molar-refractivity contribution in [2.75, 3.05) is 32.6 Å². The first-order valence-electron chi connectivity index (χ1n) is 11.7. The number of nitrogens with zero attached hydrogens (tertiary/aromatic N) is 3. The highest BCUT2D eigenvalue weighted by atomic mass is 32.2. The molecule has 1 aromatic heterocycles. The molecule has 0 bridgehead atoms. The van der Waals surface area contributed by atoms with Crippen LogP contribution in [0.3, 0.4) is 0 Å². The van der Waals surface area contributed by atoms with Crippen molar-refractivity contribution in [2.45, 2.75) is 49.3 Å². The molecule has 1 atom stereocenters. The highest BCUT2D eigenvalue weighted by molar-refractivity contribution is 7.94. The molecular weight excluding hydrogens is 490 g/mol. The number of fused-ring (bicyclic) bond motifs is 3. The van der Waals surface area contributed by atoms with Crippen molar-refractivity contribution < 1.29 is 26.4 Å². The molecule has 2 aliphatic rings. The van der Waals surface area contributed by atoms with Gasteiger partial charge in [0.2, 0.25) is 0 Å². The molecule has 9 nitrogen and oxygen atoms in total. The van der Waals surface area contributed by atoms with E-state index in [1.54, 1.807) is 33.8 Å². The van der Waals surface area contributed by atoms with Crippen LogP contribution in [0.1, 0.15) is 54.7 Å². The van der Waals surface area contributed by atoms with Crippen LogP contribution in [0.15, 0.2) is 40.6 Å². The summed E-state index contributed by atoms with van der Waals surface area (Å²) < 4.78 is 57.3. The second kappa shape index (κ2) is 9.87. The summed E-state index contributed by atoms with van der Waals surface area (Å²) in [6, 6.07) is 6.54. The Labute approximate surface area is 206 Å². The van der Waals surface area contributed by atoms with E-state index in [1.165, 1.54) is 0 Å². The van der Waals surface area contributed by atoms with Crippen LogP contribution in [0, 0.1) is 0 Å². The van der Waals surface area contributed by atoms with Gasteiger partial charge in [-0.25, -0.2) is 16.8 Å². The number of allylic oxidation sites excluding steroid dienone is 1. The van der Waals surface area contributed by atoms with Gasteiger partial charge in [-0.2, -0.15) is 5.10 Å². The van der Waals surface area contributed by atoms with Crippen molar-refractivity contribution in [1.82, 2.24) is 14.7 Å². The van der Waals surface area contributed by atoms with Gasteiger partial charge in [-0.15, -0.1) is 0 Å². The number of rotatable bonds is 8. The Hall–Kier alpha value is -2.50. The van der Waals surface area contributed by atoms with Gasteiger partial charge < -0.3 is 9.64 Å². The zero-order valence-corrected chi connectivity index (χ0v) is 21.7. The number of carbonyl (C=O) groups is 1. The number of aromatic nitrogens is 2. The average molecular weight is 522 g/mol. The number of ether oxygens (including phenoxy) is 1. The molecule has 35 heavy (non-hydrogen) atoms. The van der Waals surface area contributed by atoms with Gasteiger partial charge in [-0.05, 0) is 25.3 Å². The van der Waals surface area contributed by atoms with Gasteiger partial charge in [-0.3, -0.25) is 9.48 Å². The van der Waals surface area contributed by atoms with E-state index in [9.17, 15) is 21.6 Å². The fourth-order valence-corrected chi connectivity index (χ4v) is 6.76. The maximum atomic E-state index is 13.5. The molecule has 2 aromatic rings. The fraction of sp³-hybridized carbons (Fsp3) is 0.500. The van der Waals surface area contributed by atoms with Crippen LogP contribution in [-0.4, -0.2) is 70.0 Å². The molecule has 3 heterocycles. The zero-order chi connectivity index (χ0) is 25.4. The number of hydrogen-bond donors (Lipinski definition) is 0. The molecular formula is C24H31N3O6S2. The third-order valence-corrected chi connectivity index (χ3v) is 9.52. The minimum atomic E-state index is -3.65. The van der Waals surface area contributed by atoms with Crippen LogP contribution in [0.4, 0.5) is 0 Å². The number of benzene rings is 1. The summed E-state index contributed by atoms with van der Waals surface area (Å²) in [5, 5.41) is 4.73. The summed E-state index contributed by atoms with van der Waals surface area (Å²) in [6.07, 6.45) is 3.33. The molecule has 2 aliphatic heterocycles. The predicted molar refractivity (Wildman–Crippen MR) is 132 cm³/mol. The Morgan fingerprint density at radius 2 is 1.89 bits per heavy atom. The van der Waals surface area contributed by atoms with E-state index in [0.717, 1.165) is 12.7 Å². The molecule has 1 aromatic carbocycles. The molecule has 4 rings (SSSR count). The number of sulfone groups is 2. The van der Waals surface area contributed by atoms with E-state index in [0.29, 0.717) is 56.0 Å². The quantitative estimate of drug-likeness (QED) is 0.524. The number of morpholine rings is 1. The van der Waals surface area contributed by atoms with E-state index in [4.69, 9.17) is 9.84 Å². The standard InChI is InChI=1S/C24H31N3O6S2/c1-4-7-18(11-10-17(2)34(3,29)30)27-23-19-8-5-6-9-21(19)35(31,32)16-20(23)22(25-27)24(28)26-12-14-33-15-13-26/h5-6,8-9,18H,2,4,7,10-16H2,1,3H3. The highest BCUT2D eigenvalue weighted by Crippen LogP contribution is 2.42. The molecule has 1 fully saturated rings. The molecule has 0 saturated carbocycles. The maximum absolute atomic E-state index is 13.5. The van der Waals surface area contributed by atoms with Gasteiger partial charge in [0, 0.05) is 35.4 Å². The lowest BCUT2D eigenvalue weighted by molar-refractivity contribution is 0.0297. The molecule has 0 N–H and O–H groups in total. The highest BCUT2D eigenvalue weighted by Gasteiger charge is 2.38. The van der Waals surface area contributed by atoms with Crippen molar-refractivity contribution in [3.8, 4) is 11.3 Å². The number of hydrogen-bond acceptors (Lipinski definition) is 7. The molecule has 0 radical (unpaired) electrons. The third-order valence-electron chi connectivity index (χ3n) is 6.57. The second-order valence-corrected chi connectivity index (χ2v) is 13.2. The van der Waals surface area contributed by atoms with Gasteiger partial charge in [0.15, 0.2) is 25.4 Å². The predicted octanol–water partition coefficient (Wildman–Crippen LogP) is 2.99. The van der Waals surface area contributed by atoms with E-state index in [1.807, 2.05) is 6.92 Å². The van der Waals surface area contributed by atoms with Crippen molar-refractivity contribution in [1.29, 1.82) is 0 Å². The largest absolute Gasteiger partial charge is 0.378 e. The van der Waals surface area contributed by atoms with Gasteiger partial charge in [0.1, 0.15) is 0 Å². The minimum Gasteiger partial charge on any atom is -0.378 e. The molecule has 0 spiro atoms. The topological polar surface area (TPSA) is 116 Å². The summed E-state index contributed by atoms with van der Waals surface area (Å²) in [5.41, 5.74) is 1.69. The van der Waals surface area contributed by atoms with Gasteiger partial charge in [0.25, 0.3) is 5.91 Å². The number of carbonyl (C=O) groups excluding carboxylic acids is 1. The maximum Gasteiger partial charge on any atom is 0.274 e. The molecule has 1 amide bonds. The van der Waals surface area contributed by atoms with E-state index in [2.05, 4.69) is 6.58 Å². The minimum absolute atomic E-state index is 0.142. The molecule has 190 valence electrons. The summed E-state index contributed by atoms with van der Waals surface area (Å²) >= 11 is 0. The number of amides is 1. The van der Waals surface area contributed by atoms with Gasteiger partial charge >= 0.3 is 0 Å². The smallest absolute Gasteiger partial charge is 0.274 e. The van der Waals surface area contributed by atoms with Crippen LogP contribution >= 0.6 is 0 Å². The first-order valence-corrected chi connectivity index (χ1v) is 15.3. The SMILES string of the molecule is C=C(CCC(CCC)n1nc(C(=O)N2CCOCC2)c2c1-c1ccccc1S(=O)(=O)C2)S(C)(=O)=O. The molecule has 11 heteroatoms. The van der Waals surface area contributed by atoms with Crippen molar-refractivity contribution >= 4 is 25.6 Å². The normalized spacial score (nSPS) is 17.9. The molecule has 0 aliphatic carbocycles. The Morgan fingerprint density at radius 1 is 1.20 bits per heavy atom. The van der Waals surface area contributed by atoms with Crippen LogP contribution in [0.25, 0.3) is 11.3 Å². The lowest BCUT2D eigenvalue weighted by Gasteiger charge is -2.26. The van der Waals surface area contributed by atoms with Crippen LogP contribution in [-0.2, 0) is 30.2 Å². The average Bonchev–Trinajstić information content (AvgIpc) is 3.19. The Morgan fingerprint density at radius 3 is 2.54 bits per heavy atom. The summed E-state index contributed by atoms with van der Waals surface area (Å²) in [6.45, 7) is 7.40. The van der Waals surface area contributed by atoms with Crippen molar-refractivity contribution in [3.63, 3.8) is 0 Å². The Kier molecular flexibility index (Phi) is 7.21. The molecule has 1 unspecified atom stereocenters. The van der Waals surface area contributed by atoms with E-state index >= 15 is 0 Å². The van der Waals surface area contributed by atoms with Crippen LogP contribution < -0.4 is 0 Å². The first-order chi connectivity index (χ1) is 16.5. The zero-order valence-electron chi connectivity index (χ0n) is 20.1. The van der Waals surface area contributed by atoms with E-state index in [-0.39, 0.29) is 39.6 Å². The first kappa shape index (κ1) is 25.6.